The number of nitrogens with two attached hydrogens (primary N) is 1. The van der Waals surface area contributed by atoms with Crippen LogP contribution in [0.25, 0.3) is 11.1 Å². The number of aromatic nitrogens is 1. The van der Waals surface area contributed by atoms with Crippen molar-refractivity contribution in [3.63, 3.8) is 0 Å². The smallest absolute Gasteiger partial charge is 0.277 e. The molecule has 0 radical (unpaired) electrons. The molecule has 0 bridgehead atoms. The number of primary amides is 1. The van der Waals surface area contributed by atoms with Gasteiger partial charge in [-0.2, -0.15) is 0 Å². The summed E-state index contributed by atoms with van der Waals surface area (Å²) >= 11 is 0. The summed E-state index contributed by atoms with van der Waals surface area (Å²) in [5, 5.41) is 0. The van der Waals surface area contributed by atoms with E-state index in [0.29, 0.717) is 6.54 Å². The van der Waals surface area contributed by atoms with Crippen molar-refractivity contribution < 1.29 is 18.9 Å². The molecule has 1 aromatic carbocycles. The number of nitrogens with one attached hydrogen (secondary N) is 1. The van der Waals surface area contributed by atoms with E-state index in [9.17, 15) is 9.59 Å². The third kappa shape index (κ3) is 3.98. The highest BCUT2D eigenvalue weighted by Gasteiger charge is 2.31. The molecular formula is C20H27N4O3+. The van der Waals surface area contributed by atoms with E-state index in [-0.39, 0.29) is 23.7 Å². The maximum Gasteiger partial charge on any atom is 0.277 e. The number of quaternary nitrogens is 1. The first-order chi connectivity index (χ1) is 13.1. The molecule has 3 heterocycles. The molecule has 4 rings (SSSR count). The number of hydrogen-bond donors (Lipinski definition) is 2. The Bertz CT molecular complexity index is 784. The first-order valence-electron chi connectivity index (χ1n) is 9.86. The highest BCUT2D eigenvalue weighted by molar-refractivity contribution is 5.78. The highest BCUT2D eigenvalue weighted by atomic mass is 16.3. The standard InChI is InChI=1S/C20H26N4O3/c21-19(26)14-5-9-23(10-6-14)13-18(25)24-11-7-15(8-12-24)20-22-16-3-1-2-4-17(16)27-20/h1-4,14-15H,5-13H2,(H2,21,26)/p+1. The summed E-state index contributed by atoms with van der Waals surface area (Å²) in [7, 11) is 0. The van der Waals surface area contributed by atoms with Gasteiger partial charge >= 0.3 is 0 Å². The van der Waals surface area contributed by atoms with Crippen LogP contribution < -0.4 is 10.6 Å². The summed E-state index contributed by atoms with van der Waals surface area (Å²) in [6.07, 6.45) is 3.35. The SMILES string of the molecule is NC(=O)C1CC[NH+](CC(=O)N2CCC(c3nc4ccccc4o3)CC2)CC1. The average molecular weight is 371 g/mol. The van der Waals surface area contributed by atoms with Crippen molar-refractivity contribution in [1.82, 2.24) is 9.88 Å². The third-order valence-electron chi connectivity index (χ3n) is 6.00. The topological polar surface area (TPSA) is 93.9 Å². The Morgan fingerprint density at radius 1 is 1.15 bits per heavy atom. The summed E-state index contributed by atoms with van der Waals surface area (Å²) in [5.74, 6) is 1.05. The van der Waals surface area contributed by atoms with Crippen LogP contribution in [0.5, 0.6) is 0 Å². The van der Waals surface area contributed by atoms with Gasteiger partial charge in [-0.05, 0) is 25.0 Å². The fourth-order valence-electron chi connectivity index (χ4n) is 4.25. The predicted octanol–water partition coefficient (Wildman–Crippen LogP) is 0.314. The number of rotatable bonds is 4. The Morgan fingerprint density at radius 3 is 2.52 bits per heavy atom. The van der Waals surface area contributed by atoms with Crippen LogP contribution in [0.4, 0.5) is 0 Å². The van der Waals surface area contributed by atoms with Crippen molar-refractivity contribution in [2.45, 2.75) is 31.6 Å². The van der Waals surface area contributed by atoms with E-state index in [1.54, 1.807) is 0 Å². The maximum absolute atomic E-state index is 12.6. The molecule has 2 fully saturated rings. The number of amides is 2. The van der Waals surface area contributed by atoms with Gasteiger partial charge in [-0.3, -0.25) is 9.59 Å². The monoisotopic (exact) mass is 371 g/mol. The fourth-order valence-corrected chi connectivity index (χ4v) is 4.25. The van der Waals surface area contributed by atoms with E-state index < -0.39 is 0 Å². The van der Waals surface area contributed by atoms with E-state index in [0.717, 1.165) is 68.9 Å². The molecule has 2 saturated heterocycles. The lowest BCUT2D eigenvalue weighted by molar-refractivity contribution is -0.898. The number of carbonyl (C=O) groups is 2. The van der Waals surface area contributed by atoms with Gasteiger partial charge in [-0.1, -0.05) is 12.1 Å². The molecule has 27 heavy (non-hydrogen) atoms. The zero-order chi connectivity index (χ0) is 18.8. The second-order valence-electron chi connectivity index (χ2n) is 7.78. The number of oxazole rings is 1. The largest absolute Gasteiger partial charge is 0.440 e. The molecule has 0 unspecified atom stereocenters. The zero-order valence-electron chi connectivity index (χ0n) is 15.5. The molecule has 2 aromatic rings. The molecule has 1 aromatic heterocycles. The number of benzene rings is 1. The number of fused-ring (bicyclic) bond motifs is 1. The third-order valence-corrected chi connectivity index (χ3v) is 6.00. The van der Waals surface area contributed by atoms with Crippen LogP contribution in [0, 0.1) is 5.92 Å². The fraction of sp³-hybridized carbons (Fsp3) is 0.550. The van der Waals surface area contributed by atoms with Gasteiger partial charge in [0.05, 0.1) is 13.1 Å². The number of nitrogens with zero attached hydrogens (tertiary/aromatic N) is 2. The van der Waals surface area contributed by atoms with Crippen molar-refractivity contribution in [2.75, 3.05) is 32.7 Å². The Hall–Kier alpha value is -2.41. The Balaban J connectivity index is 1.27. The van der Waals surface area contributed by atoms with Gasteiger partial charge in [0.15, 0.2) is 18.0 Å². The molecule has 7 nitrogen and oxygen atoms in total. The Morgan fingerprint density at radius 2 is 1.85 bits per heavy atom. The minimum absolute atomic E-state index is 0.0177. The normalized spacial score (nSPS) is 24.2. The van der Waals surface area contributed by atoms with Crippen molar-refractivity contribution in [2.24, 2.45) is 11.7 Å². The van der Waals surface area contributed by atoms with E-state index >= 15 is 0 Å². The highest BCUT2D eigenvalue weighted by Crippen LogP contribution is 2.29. The first kappa shape index (κ1) is 18.0. The van der Waals surface area contributed by atoms with Crippen LogP contribution in [-0.2, 0) is 9.59 Å². The van der Waals surface area contributed by atoms with E-state index in [2.05, 4.69) is 4.98 Å². The Kier molecular flexibility index (Phi) is 5.11. The minimum atomic E-state index is -0.207. The molecule has 2 amide bonds. The van der Waals surface area contributed by atoms with Crippen molar-refractivity contribution >= 4 is 22.9 Å². The number of carbonyl (C=O) groups excluding carboxylic acids is 2. The van der Waals surface area contributed by atoms with Crippen LogP contribution in [0.1, 0.15) is 37.5 Å². The van der Waals surface area contributed by atoms with Crippen LogP contribution >= 0.6 is 0 Å². The maximum atomic E-state index is 12.6. The van der Waals surface area contributed by atoms with Crippen molar-refractivity contribution in [3.05, 3.63) is 30.2 Å². The van der Waals surface area contributed by atoms with Crippen molar-refractivity contribution in [3.8, 4) is 0 Å². The lowest BCUT2D eigenvalue weighted by Gasteiger charge is -2.33. The molecule has 7 heteroatoms. The summed E-state index contributed by atoms with van der Waals surface area (Å²) in [6, 6.07) is 7.82. The van der Waals surface area contributed by atoms with E-state index in [1.165, 1.54) is 4.90 Å². The molecule has 2 aliphatic rings. The number of likely N-dealkylation sites (tertiary alicyclic amines) is 2. The molecule has 0 aliphatic carbocycles. The molecule has 2 aliphatic heterocycles. The Labute approximate surface area is 158 Å². The van der Waals surface area contributed by atoms with Gasteiger partial charge < -0.3 is 20.0 Å². The summed E-state index contributed by atoms with van der Waals surface area (Å²) in [5.41, 5.74) is 7.11. The second-order valence-corrected chi connectivity index (χ2v) is 7.78. The van der Waals surface area contributed by atoms with Crippen LogP contribution in [0.2, 0.25) is 0 Å². The number of para-hydroxylation sites is 2. The number of piperidine rings is 2. The van der Waals surface area contributed by atoms with Gasteiger partial charge in [-0.15, -0.1) is 0 Å². The zero-order valence-corrected chi connectivity index (χ0v) is 15.5. The van der Waals surface area contributed by atoms with E-state index in [4.69, 9.17) is 10.2 Å². The lowest BCUT2D eigenvalue weighted by atomic mass is 9.95. The van der Waals surface area contributed by atoms with Gasteiger partial charge in [0.2, 0.25) is 5.91 Å². The lowest BCUT2D eigenvalue weighted by Crippen LogP contribution is -3.14. The molecule has 144 valence electrons. The summed E-state index contributed by atoms with van der Waals surface area (Å²) in [4.78, 5) is 31.7. The van der Waals surface area contributed by atoms with Crippen molar-refractivity contribution in [1.29, 1.82) is 0 Å². The average Bonchev–Trinajstić information content (AvgIpc) is 3.13. The van der Waals surface area contributed by atoms with Crippen LogP contribution in [0.3, 0.4) is 0 Å². The second kappa shape index (κ2) is 7.68. The first-order valence-corrected chi connectivity index (χ1v) is 9.86. The van der Waals surface area contributed by atoms with Crippen LogP contribution in [-0.4, -0.2) is 54.4 Å². The van der Waals surface area contributed by atoms with Crippen LogP contribution in [0.15, 0.2) is 28.7 Å². The van der Waals surface area contributed by atoms with Gasteiger partial charge in [0, 0.05) is 37.8 Å². The predicted molar refractivity (Wildman–Crippen MR) is 100 cm³/mol. The van der Waals surface area contributed by atoms with Gasteiger partial charge in [0.1, 0.15) is 5.52 Å². The molecule has 0 saturated carbocycles. The van der Waals surface area contributed by atoms with Gasteiger partial charge in [-0.25, -0.2) is 4.98 Å². The van der Waals surface area contributed by atoms with Gasteiger partial charge in [0.25, 0.3) is 5.91 Å². The summed E-state index contributed by atoms with van der Waals surface area (Å²) in [6.45, 7) is 3.70. The number of hydrogen-bond acceptors (Lipinski definition) is 4. The minimum Gasteiger partial charge on any atom is -0.440 e. The molecule has 0 spiro atoms. The molecule has 0 atom stereocenters. The summed E-state index contributed by atoms with van der Waals surface area (Å²) < 4.78 is 5.90. The van der Waals surface area contributed by atoms with E-state index in [1.807, 2.05) is 29.2 Å². The molecular weight excluding hydrogens is 344 g/mol. The quantitative estimate of drug-likeness (QED) is 0.809. The molecule has 3 N–H and O–H groups in total.